The molecule has 1 heterocycles. The van der Waals surface area contributed by atoms with Gasteiger partial charge in [-0.25, -0.2) is 8.42 Å². The number of nitrogens with zero attached hydrogens (tertiary/aromatic N) is 2. The first-order valence-electron chi connectivity index (χ1n) is 10.2. The highest BCUT2D eigenvalue weighted by Crippen LogP contribution is 2.21. The van der Waals surface area contributed by atoms with Crippen molar-refractivity contribution in [2.75, 3.05) is 20.1 Å². The monoisotopic (exact) mass is 392 g/mol. The van der Waals surface area contributed by atoms with Crippen LogP contribution in [0.15, 0.2) is 34.2 Å². The summed E-state index contributed by atoms with van der Waals surface area (Å²) < 4.78 is 27.3. The smallest absolute Gasteiger partial charge is 0.243 e. The predicted octanol–water partition coefficient (Wildman–Crippen LogP) is 2.86. The number of piperidine rings is 1. The molecule has 1 saturated carbocycles. The second-order valence-electron chi connectivity index (χ2n) is 7.52. The van der Waals surface area contributed by atoms with Gasteiger partial charge in [0.25, 0.3) is 0 Å². The summed E-state index contributed by atoms with van der Waals surface area (Å²) in [6.07, 6.45) is 9.24. The standard InChI is InChI=1S/C20H32N4O2S/c1-21-20(23-18-10-4-2-5-11-18)22-16-17-9-8-12-19(15-17)27(25,26)24-13-6-3-7-14-24/h8-9,12,15,18H,2-7,10-11,13-14,16H2,1H3,(H2,21,22,23). The number of hydrogen-bond acceptors (Lipinski definition) is 3. The maximum Gasteiger partial charge on any atom is 0.243 e. The molecule has 0 aromatic heterocycles. The Morgan fingerprint density at radius 3 is 2.52 bits per heavy atom. The van der Waals surface area contributed by atoms with E-state index in [1.54, 1.807) is 23.5 Å². The number of sulfonamides is 1. The summed E-state index contributed by atoms with van der Waals surface area (Å²) in [4.78, 5) is 4.70. The molecule has 0 atom stereocenters. The highest BCUT2D eigenvalue weighted by Gasteiger charge is 2.26. The van der Waals surface area contributed by atoms with Crippen LogP contribution in [0.3, 0.4) is 0 Å². The lowest BCUT2D eigenvalue weighted by Crippen LogP contribution is -2.43. The first kappa shape index (κ1) is 20.1. The SMILES string of the molecule is CN=C(NCc1cccc(S(=O)(=O)N2CCCCC2)c1)NC1CCCCC1. The van der Waals surface area contributed by atoms with Crippen LogP contribution >= 0.6 is 0 Å². The minimum Gasteiger partial charge on any atom is -0.354 e. The average Bonchev–Trinajstić information content (AvgIpc) is 2.72. The van der Waals surface area contributed by atoms with Gasteiger partial charge in [-0.05, 0) is 43.4 Å². The minimum atomic E-state index is -3.39. The van der Waals surface area contributed by atoms with Gasteiger partial charge in [-0.2, -0.15) is 4.31 Å². The molecule has 0 spiro atoms. The van der Waals surface area contributed by atoms with Crippen LogP contribution in [0.4, 0.5) is 0 Å². The van der Waals surface area contributed by atoms with E-state index in [0.717, 1.165) is 30.8 Å². The molecule has 1 saturated heterocycles. The van der Waals surface area contributed by atoms with Crippen molar-refractivity contribution in [1.29, 1.82) is 0 Å². The Hall–Kier alpha value is -1.60. The van der Waals surface area contributed by atoms with E-state index in [1.165, 1.54) is 32.1 Å². The molecule has 0 amide bonds. The van der Waals surface area contributed by atoms with Crippen LogP contribution in [0, 0.1) is 0 Å². The van der Waals surface area contributed by atoms with Crippen molar-refractivity contribution >= 4 is 16.0 Å². The van der Waals surface area contributed by atoms with E-state index in [0.29, 0.717) is 30.6 Å². The molecule has 1 aliphatic carbocycles. The van der Waals surface area contributed by atoms with Crippen molar-refractivity contribution in [3.8, 4) is 0 Å². The molecule has 3 rings (SSSR count). The third-order valence-electron chi connectivity index (χ3n) is 5.48. The molecule has 1 aliphatic heterocycles. The third kappa shape index (κ3) is 5.45. The van der Waals surface area contributed by atoms with Crippen molar-refractivity contribution in [3.63, 3.8) is 0 Å². The number of hydrogen-bond donors (Lipinski definition) is 2. The lowest BCUT2D eigenvalue weighted by Gasteiger charge is -2.26. The van der Waals surface area contributed by atoms with Crippen LogP contribution in [0.25, 0.3) is 0 Å². The molecular weight excluding hydrogens is 360 g/mol. The summed E-state index contributed by atoms with van der Waals surface area (Å²) in [6.45, 7) is 1.81. The highest BCUT2D eigenvalue weighted by atomic mass is 32.2. The number of guanidine groups is 1. The zero-order valence-electron chi connectivity index (χ0n) is 16.3. The van der Waals surface area contributed by atoms with Crippen molar-refractivity contribution < 1.29 is 8.42 Å². The van der Waals surface area contributed by atoms with Crippen LogP contribution in [-0.2, 0) is 16.6 Å². The van der Waals surface area contributed by atoms with E-state index in [2.05, 4.69) is 15.6 Å². The summed E-state index contributed by atoms with van der Waals surface area (Å²) in [7, 11) is -1.62. The molecule has 0 unspecified atom stereocenters. The lowest BCUT2D eigenvalue weighted by molar-refractivity contribution is 0.346. The molecule has 6 nitrogen and oxygen atoms in total. The van der Waals surface area contributed by atoms with Crippen molar-refractivity contribution in [2.24, 2.45) is 4.99 Å². The first-order chi connectivity index (χ1) is 13.1. The van der Waals surface area contributed by atoms with Gasteiger partial charge in [-0.1, -0.05) is 37.8 Å². The molecule has 2 fully saturated rings. The van der Waals surface area contributed by atoms with Gasteiger partial charge in [-0.15, -0.1) is 0 Å². The van der Waals surface area contributed by atoms with E-state index in [-0.39, 0.29) is 0 Å². The molecule has 1 aromatic carbocycles. The fourth-order valence-corrected chi connectivity index (χ4v) is 5.48. The molecule has 7 heteroatoms. The van der Waals surface area contributed by atoms with Gasteiger partial charge < -0.3 is 10.6 Å². The van der Waals surface area contributed by atoms with E-state index < -0.39 is 10.0 Å². The Morgan fingerprint density at radius 1 is 1.11 bits per heavy atom. The Bertz CT molecular complexity index is 736. The van der Waals surface area contributed by atoms with E-state index in [4.69, 9.17) is 0 Å². The quantitative estimate of drug-likeness (QED) is 0.597. The normalized spacial score (nSPS) is 20.4. The van der Waals surface area contributed by atoms with Gasteiger partial charge in [0.1, 0.15) is 0 Å². The van der Waals surface area contributed by atoms with Crippen LogP contribution in [0.2, 0.25) is 0 Å². The highest BCUT2D eigenvalue weighted by molar-refractivity contribution is 7.89. The number of rotatable bonds is 5. The topological polar surface area (TPSA) is 73.8 Å². The molecule has 0 radical (unpaired) electrons. The van der Waals surface area contributed by atoms with Crippen LogP contribution < -0.4 is 10.6 Å². The van der Waals surface area contributed by atoms with Gasteiger partial charge >= 0.3 is 0 Å². The molecule has 0 bridgehead atoms. The van der Waals surface area contributed by atoms with E-state index in [9.17, 15) is 8.42 Å². The molecule has 2 aliphatic rings. The largest absolute Gasteiger partial charge is 0.354 e. The Morgan fingerprint density at radius 2 is 1.81 bits per heavy atom. The Balaban J connectivity index is 1.61. The Kier molecular flexibility index (Phi) is 7.13. The fraction of sp³-hybridized carbons (Fsp3) is 0.650. The average molecular weight is 393 g/mol. The second-order valence-corrected chi connectivity index (χ2v) is 9.46. The van der Waals surface area contributed by atoms with Gasteiger partial charge in [0.05, 0.1) is 4.90 Å². The Labute approximate surface area is 163 Å². The number of benzene rings is 1. The van der Waals surface area contributed by atoms with E-state index >= 15 is 0 Å². The predicted molar refractivity (Wildman–Crippen MR) is 109 cm³/mol. The summed E-state index contributed by atoms with van der Waals surface area (Å²) in [5.41, 5.74) is 0.944. The van der Waals surface area contributed by atoms with Crippen LogP contribution in [0.1, 0.15) is 56.9 Å². The zero-order chi connectivity index (χ0) is 19.1. The van der Waals surface area contributed by atoms with Gasteiger partial charge in [-0.3, -0.25) is 4.99 Å². The van der Waals surface area contributed by atoms with E-state index in [1.807, 2.05) is 12.1 Å². The molecular formula is C20H32N4O2S. The lowest BCUT2D eigenvalue weighted by atomic mass is 9.96. The summed E-state index contributed by atoms with van der Waals surface area (Å²) in [6, 6.07) is 7.74. The third-order valence-corrected chi connectivity index (χ3v) is 7.38. The number of aliphatic imine (C=N–C) groups is 1. The number of nitrogens with one attached hydrogen (secondary N) is 2. The molecule has 2 N–H and O–H groups in total. The van der Waals surface area contributed by atoms with Gasteiger partial charge in [0.15, 0.2) is 5.96 Å². The summed E-state index contributed by atoms with van der Waals surface area (Å²) in [5, 5.41) is 6.81. The molecule has 150 valence electrons. The van der Waals surface area contributed by atoms with Crippen molar-refractivity contribution in [2.45, 2.75) is 68.8 Å². The van der Waals surface area contributed by atoms with Gasteiger partial charge in [0, 0.05) is 32.7 Å². The minimum absolute atomic E-state index is 0.388. The summed E-state index contributed by atoms with van der Waals surface area (Å²) in [5.74, 6) is 0.784. The summed E-state index contributed by atoms with van der Waals surface area (Å²) >= 11 is 0. The molecule has 27 heavy (non-hydrogen) atoms. The maximum atomic E-state index is 12.9. The molecule has 1 aromatic rings. The zero-order valence-corrected chi connectivity index (χ0v) is 17.1. The maximum absolute atomic E-state index is 12.9. The first-order valence-corrected chi connectivity index (χ1v) is 11.6. The second kappa shape index (κ2) is 9.55. The van der Waals surface area contributed by atoms with Crippen LogP contribution in [-0.4, -0.2) is 44.9 Å². The van der Waals surface area contributed by atoms with Crippen molar-refractivity contribution in [1.82, 2.24) is 14.9 Å². The van der Waals surface area contributed by atoms with Crippen LogP contribution in [0.5, 0.6) is 0 Å². The van der Waals surface area contributed by atoms with Gasteiger partial charge in [0.2, 0.25) is 10.0 Å². The van der Waals surface area contributed by atoms with Crippen molar-refractivity contribution in [3.05, 3.63) is 29.8 Å². The fourth-order valence-electron chi connectivity index (χ4n) is 3.89.